The summed E-state index contributed by atoms with van der Waals surface area (Å²) in [5.74, 6) is 0. The fraction of sp³-hybridized carbons (Fsp3) is 0.273. The van der Waals surface area contributed by atoms with Crippen LogP contribution in [0.25, 0.3) is 11.3 Å². The van der Waals surface area contributed by atoms with Crippen molar-refractivity contribution >= 4 is 6.29 Å². The number of aromatic nitrogens is 2. The number of aldehydes is 1. The van der Waals surface area contributed by atoms with E-state index in [4.69, 9.17) is 4.42 Å². The van der Waals surface area contributed by atoms with Crippen molar-refractivity contribution in [1.29, 1.82) is 0 Å². The molecule has 0 spiro atoms. The third-order valence-corrected chi connectivity index (χ3v) is 2.16. The number of carbonyl (C=O) groups is 1. The minimum absolute atomic E-state index is 0.602. The average molecular weight is 204 g/mol. The highest BCUT2D eigenvalue weighted by atomic mass is 16.3. The van der Waals surface area contributed by atoms with Gasteiger partial charge < -0.3 is 4.42 Å². The molecule has 0 atom stereocenters. The van der Waals surface area contributed by atoms with Crippen molar-refractivity contribution in [1.82, 2.24) is 9.78 Å². The number of hydrogen-bond acceptors (Lipinski definition) is 3. The maximum Gasteiger partial charge on any atom is 0.153 e. The van der Waals surface area contributed by atoms with Gasteiger partial charge in [0, 0.05) is 18.3 Å². The van der Waals surface area contributed by atoms with Crippen LogP contribution in [0.5, 0.6) is 0 Å². The molecule has 78 valence electrons. The normalized spacial score (nSPS) is 10.5. The second-order valence-corrected chi connectivity index (χ2v) is 3.33. The van der Waals surface area contributed by atoms with Crippen LogP contribution in [0.2, 0.25) is 0 Å². The summed E-state index contributed by atoms with van der Waals surface area (Å²) in [6.07, 6.45) is 6.74. The minimum atomic E-state index is 0.602. The molecule has 0 fully saturated rings. The lowest BCUT2D eigenvalue weighted by molar-refractivity contribution is 0.112. The van der Waals surface area contributed by atoms with Gasteiger partial charge in [0.25, 0.3) is 0 Å². The first-order valence-corrected chi connectivity index (χ1v) is 4.90. The third kappa shape index (κ3) is 1.83. The Morgan fingerprint density at radius 3 is 3.07 bits per heavy atom. The van der Waals surface area contributed by atoms with Crippen LogP contribution in [0.15, 0.2) is 29.2 Å². The van der Waals surface area contributed by atoms with Crippen LogP contribution in [-0.4, -0.2) is 16.1 Å². The highest BCUT2D eigenvalue weighted by Gasteiger charge is 2.10. The Morgan fingerprint density at radius 1 is 1.60 bits per heavy atom. The van der Waals surface area contributed by atoms with Gasteiger partial charge in [-0.1, -0.05) is 6.92 Å². The zero-order valence-electron chi connectivity index (χ0n) is 8.51. The Bertz CT molecular complexity index is 443. The third-order valence-electron chi connectivity index (χ3n) is 2.16. The fourth-order valence-electron chi connectivity index (χ4n) is 1.49. The summed E-state index contributed by atoms with van der Waals surface area (Å²) in [5, 5.41) is 4.34. The summed E-state index contributed by atoms with van der Waals surface area (Å²) in [4.78, 5) is 10.9. The van der Waals surface area contributed by atoms with Crippen LogP contribution in [0.4, 0.5) is 0 Å². The smallest absolute Gasteiger partial charge is 0.153 e. The van der Waals surface area contributed by atoms with Crippen molar-refractivity contribution in [3.8, 4) is 11.3 Å². The minimum Gasteiger partial charge on any atom is -0.472 e. The van der Waals surface area contributed by atoms with Crippen LogP contribution in [0.1, 0.15) is 23.7 Å². The number of furan rings is 1. The van der Waals surface area contributed by atoms with Gasteiger partial charge in [0.1, 0.15) is 5.69 Å². The molecule has 0 N–H and O–H groups in total. The molecular weight excluding hydrogens is 192 g/mol. The van der Waals surface area contributed by atoms with Gasteiger partial charge in [-0.05, 0) is 12.5 Å². The lowest BCUT2D eigenvalue weighted by atomic mass is 10.2. The molecule has 15 heavy (non-hydrogen) atoms. The molecule has 2 aromatic heterocycles. The number of hydrogen-bond donors (Lipinski definition) is 0. The Morgan fingerprint density at radius 2 is 2.47 bits per heavy atom. The summed E-state index contributed by atoms with van der Waals surface area (Å²) in [5.41, 5.74) is 2.13. The summed E-state index contributed by atoms with van der Waals surface area (Å²) in [6.45, 7) is 2.89. The van der Waals surface area contributed by atoms with Crippen molar-refractivity contribution in [2.45, 2.75) is 19.9 Å². The first-order chi connectivity index (χ1) is 7.35. The fourth-order valence-corrected chi connectivity index (χ4v) is 1.49. The molecule has 0 bridgehead atoms. The largest absolute Gasteiger partial charge is 0.472 e. The lowest BCUT2D eigenvalue weighted by Crippen LogP contribution is -1.96. The first kappa shape index (κ1) is 9.71. The van der Waals surface area contributed by atoms with E-state index < -0.39 is 0 Å². The number of carbonyl (C=O) groups excluding carboxylic acids is 1. The zero-order valence-corrected chi connectivity index (χ0v) is 8.51. The molecule has 0 aliphatic carbocycles. The Kier molecular flexibility index (Phi) is 2.67. The average Bonchev–Trinajstić information content (AvgIpc) is 2.84. The highest BCUT2D eigenvalue weighted by molar-refractivity contribution is 5.85. The van der Waals surface area contributed by atoms with E-state index in [-0.39, 0.29) is 0 Å². The molecule has 0 radical (unpaired) electrons. The van der Waals surface area contributed by atoms with Crippen molar-refractivity contribution in [3.05, 3.63) is 30.4 Å². The maximum absolute atomic E-state index is 10.9. The van der Waals surface area contributed by atoms with Crippen molar-refractivity contribution in [2.24, 2.45) is 0 Å². The van der Waals surface area contributed by atoms with Gasteiger partial charge in [0.05, 0.1) is 18.1 Å². The molecule has 4 heteroatoms. The Balaban J connectivity index is 2.41. The van der Waals surface area contributed by atoms with Gasteiger partial charge in [-0.2, -0.15) is 5.10 Å². The molecule has 0 aromatic carbocycles. The van der Waals surface area contributed by atoms with Crippen LogP contribution < -0.4 is 0 Å². The predicted molar refractivity (Wildman–Crippen MR) is 55.6 cm³/mol. The van der Waals surface area contributed by atoms with Crippen molar-refractivity contribution < 1.29 is 9.21 Å². The van der Waals surface area contributed by atoms with Crippen molar-refractivity contribution in [2.75, 3.05) is 0 Å². The van der Waals surface area contributed by atoms with Gasteiger partial charge in [-0.15, -0.1) is 0 Å². The number of rotatable bonds is 4. The van der Waals surface area contributed by atoms with E-state index in [1.165, 1.54) is 0 Å². The van der Waals surface area contributed by atoms with Crippen LogP contribution >= 0.6 is 0 Å². The first-order valence-electron chi connectivity index (χ1n) is 4.90. The van der Waals surface area contributed by atoms with Crippen LogP contribution in [0.3, 0.4) is 0 Å². The molecule has 2 heterocycles. The monoisotopic (exact) mass is 204 g/mol. The molecule has 0 amide bonds. The van der Waals surface area contributed by atoms with E-state index in [1.54, 1.807) is 29.5 Å². The van der Waals surface area contributed by atoms with Gasteiger partial charge in [0.2, 0.25) is 0 Å². The molecule has 2 aromatic rings. The number of aryl methyl sites for hydroxylation is 1. The van der Waals surface area contributed by atoms with Crippen molar-refractivity contribution in [3.63, 3.8) is 0 Å². The number of nitrogens with zero attached hydrogens (tertiary/aromatic N) is 2. The molecule has 4 nitrogen and oxygen atoms in total. The van der Waals surface area contributed by atoms with E-state index in [1.807, 2.05) is 0 Å². The van der Waals surface area contributed by atoms with Gasteiger partial charge in [0.15, 0.2) is 6.29 Å². The molecule has 2 rings (SSSR count). The van der Waals surface area contributed by atoms with E-state index in [2.05, 4.69) is 12.0 Å². The summed E-state index contributed by atoms with van der Waals surface area (Å²) < 4.78 is 6.76. The topological polar surface area (TPSA) is 48.0 Å². The zero-order chi connectivity index (χ0) is 10.7. The summed E-state index contributed by atoms with van der Waals surface area (Å²) in [7, 11) is 0. The van der Waals surface area contributed by atoms with E-state index in [9.17, 15) is 4.79 Å². The Labute approximate surface area is 87.5 Å². The summed E-state index contributed by atoms with van der Waals surface area (Å²) >= 11 is 0. The molecule has 0 aliphatic heterocycles. The highest BCUT2D eigenvalue weighted by Crippen LogP contribution is 2.21. The van der Waals surface area contributed by atoms with E-state index in [0.717, 1.165) is 24.8 Å². The molecular formula is C11H12N2O2. The second kappa shape index (κ2) is 4.13. The maximum atomic E-state index is 10.9. The second-order valence-electron chi connectivity index (χ2n) is 3.33. The molecule has 0 saturated carbocycles. The van der Waals surface area contributed by atoms with Crippen LogP contribution in [-0.2, 0) is 6.54 Å². The van der Waals surface area contributed by atoms with Gasteiger partial charge in [-0.25, -0.2) is 0 Å². The van der Waals surface area contributed by atoms with E-state index >= 15 is 0 Å². The van der Waals surface area contributed by atoms with Crippen LogP contribution in [0, 0.1) is 0 Å². The molecule has 0 saturated heterocycles. The molecule has 0 unspecified atom stereocenters. The predicted octanol–water partition coefficient (Wildman–Crippen LogP) is 2.37. The van der Waals surface area contributed by atoms with Gasteiger partial charge >= 0.3 is 0 Å². The van der Waals surface area contributed by atoms with E-state index in [0.29, 0.717) is 11.3 Å². The SMILES string of the molecule is CCCn1cc(C=O)c(-c2ccoc2)n1. The Hall–Kier alpha value is -1.84. The lowest BCUT2D eigenvalue weighted by Gasteiger charge is -1.94. The van der Waals surface area contributed by atoms with Gasteiger partial charge in [-0.3, -0.25) is 9.48 Å². The molecule has 0 aliphatic rings. The standard InChI is InChI=1S/C11H12N2O2/c1-2-4-13-6-10(7-14)11(12-13)9-3-5-15-8-9/h3,5-8H,2,4H2,1H3. The summed E-state index contributed by atoms with van der Waals surface area (Å²) in [6, 6.07) is 1.80. The quantitative estimate of drug-likeness (QED) is 0.718.